The number of benzene rings is 2. The molecule has 1 N–H and O–H groups in total. The third-order valence-electron chi connectivity index (χ3n) is 2.75. The number of rotatable bonds is 5. The van der Waals surface area contributed by atoms with Gasteiger partial charge in [0.25, 0.3) is 0 Å². The Morgan fingerprint density at radius 2 is 1.70 bits per heavy atom. The molecule has 5 heteroatoms. The second-order valence-corrected chi connectivity index (χ2v) is 5.60. The molecular weight excluding hydrogens is 317 g/mol. The van der Waals surface area contributed by atoms with E-state index in [1.54, 1.807) is 6.07 Å². The second-order valence-electron chi connectivity index (χ2n) is 4.32. The number of ether oxygens (including phenoxy) is 1. The molecule has 0 saturated heterocycles. The van der Waals surface area contributed by atoms with Crippen LogP contribution in [0.5, 0.6) is 5.75 Å². The fourth-order valence-electron chi connectivity index (χ4n) is 1.83. The van der Waals surface area contributed by atoms with Crippen LogP contribution in [0.4, 0.5) is 0 Å². The van der Waals surface area contributed by atoms with Gasteiger partial charge in [0.15, 0.2) is 0 Å². The lowest BCUT2D eigenvalue weighted by atomic mass is 10.2. The van der Waals surface area contributed by atoms with Crippen molar-refractivity contribution in [3.05, 3.63) is 62.6 Å². The summed E-state index contributed by atoms with van der Waals surface area (Å²) in [7, 11) is 1.86. The van der Waals surface area contributed by atoms with Crippen LogP contribution in [-0.2, 0) is 13.2 Å². The van der Waals surface area contributed by atoms with E-state index in [-0.39, 0.29) is 0 Å². The van der Waals surface area contributed by atoms with Gasteiger partial charge >= 0.3 is 0 Å². The zero-order valence-electron chi connectivity index (χ0n) is 10.9. The molecule has 2 nitrogen and oxygen atoms in total. The molecule has 0 heterocycles. The van der Waals surface area contributed by atoms with Crippen LogP contribution in [0, 0.1) is 0 Å². The van der Waals surface area contributed by atoms with Gasteiger partial charge in [-0.25, -0.2) is 0 Å². The van der Waals surface area contributed by atoms with Crippen molar-refractivity contribution in [3.63, 3.8) is 0 Å². The van der Waals surface area contributed by atoms with Gasteiger partial charge in [-0.2, -0.15) is 0 Å². The summed E-state index contributed by atoms with van der Waals surface area (Å²) in [6.45, 7) is 1.06. The summed E-state index contributed by atoms with van der Waals surface area (Å²) in [6.07, 6.45) is 0. The highest BCUT2D eigenvalue weighted by Gasteiger charge is 2.10. The van der Waals surface area contributed by atoms with Crippen molar-refractivity contribution in [3.8, 4) is 5.75 Å². The van der Waals surface area contributed by atoms with E-state index in [0.717, 1.165) is 11.1 Å². The standard InChI is InChI=1S/C15H14Cl3NO/c1-19-8-11-6-13(17)7-14(18)15(11)20-9-10-2-4-12(16)5-3-10/h2-7,19H,8-9H2,1H3. The third-order valence-corrected chi connectivity index (χ3v) is 3.50. The highest BCUT2D eigenvalue weighted by atomic mass is 35.5. The first kappa shape index (κ1) is 15.5. The van der Waals surface area contributed by atoms with E-state index >= 15 is 0 Å². The van der Waals surface area contributed by atoms with E-state index in [9.17, 15) is 0 Å². The van der Waals surface area contributed by atoms with E-state index < -0.39 is 0 Å². The largest absolute Gasteiger partial charge is 0.487 e. The molecule has 0 spiro atoms. The van der Waals surface area contributed by atoms with Gasteiger partial charge in [0.05, 0.1) is 5.02 Å². The van der Waals surface area contributed by atoms with Gasteiger partial charge in [0.2, 0.25) is 0 Å². The summed E-state index contributed by atoms with van der Waals surface area (Å²) in [5.41, 5.74) is 1.95. The van der Waals surface area contributed by atoms with Crippen molar-refractivity contribution in [2.45, 2.75) is 13.2 Å². The summed E-state index contributed by atoms with van der Waals surface area (Å²) < 4.78 is 5.83. The number of halogens is 3. The highest BCUT2D eigenvalue weighted by Crippen LogP contribution is 2.33. The van der Waals surface area contributed by atoms with Crippen molar-refractivity contribution in [1.29, 1.82) is 0 Å². The Morgan fingerprint density at radius 3 is 2.35 bits per heavy atom. The molecule has 0 saturated carbocycles. The van der Waals surface area contributed by atoms with Crippen LogP contribution in [0.25, 0.3) is 0 Å². The van der Waals surface area contributed by atoms with Gasteiger partial charge in [-0.05, 0) is 36.9 Å². The molecule has 2 rings (SSSR count). The van der Waals surface area contributed by atoms with E-state index in [1.807, 2.05) is 37.4 Å². The van der Waals surface area contributed by atoms with Crippen molar-refractivity contribution >= 4 is 34.8 Å². The Morgan fingerprint density at radius 1 is 1.00 bits per heavy atom. The van der Waals surface area contributed by atoms with E-state index in [2.05, 4.69) is 5.32 Å². The average molecular weight is 331 g/mol. The third kappa shape index (κ3) is 4.03. The summed E-state index contributed by atoms with van der Waals surface area (Å²) in [4.78, 5) is 0. The Hall–Kier alpha value is -0.930. The topological polar surface area (TPSA) is 21.3 Å². The molecule has 0 aliphatic heterocycles. The lowest BCUT2D eigenvalue weighted by Gasteiger charge is -2.14. The van der Waals surface area contributed by atoms with E-state index in [1.165, 1.54) is 0 Å². The molecule has 0 aromatic heterocycles. The van der Waals surface area contributed by atoms with Crippen molar-refractivity contribution in [1.82, 2.24) is 5.32 Å². The van der Waals surface area contributed by atoms with Crippen molar-refractivity contribution in [2.24, 2.45) is 0 Å². The first-order valence-electron chi connectivity index (χ1n) is 6.10. The van der Waals surface area contributed by atoms with E-state index in [0.29, 0.717) is 34.0 Å². The van der Waals surface area contributed by atoms with Gasteiger partial charge in [0, 0.05) is 22.2 Å². The van der Waals surface area contributed by atoms with Crippen LogP contribution in [0.1, 0.15) is 11.1 Å². The fraction of sp³-hybridized carbons (Fsp3) is 0.200. The summed E-state index contributed by atoms with van der Waals surface area (Å²) in [5, 5.41) is 4.88. The first-order valence-corrected chi connectivity index (χ1v) is 7.23. The lowest BCUT2D eigenvalue weighted by molar-refractivity contribution is 0.302. The minimum absolute atomic E-state index is 0.426. The fourth-order valence-corrected chi connectivity index (χ4v) is 2.55. The molecule has 0 amide bonds. The SMILES string of the molecule is CNCc1cc(Cl)cc(Cl)c1OCc1ccc(Cl)cc1. The van der Waals surface area contributed by atoms with Gasteiger partial charge in [-0.15, -0.1) is 0 Å². The quantitative estimate of drug-likeness (QED) is 0.838. The number of hydrogen-bond acceptors (Lipinski definition) is 2. The van der Waals surface area contributed by atoms with Crippen LogP contribution < -0.4 is 10.1 Å². The van der Waals surface area contributed by atoms with Crippen LogP contribution in [0.3, 0.4) is 0 Å². The minimum Gasteiger partial charge on any atom is -0.487 e. The molecule has 20 heavy (non-hydrogen) atoms. The minimum atomic E-state index is 0.426. The highest BCUT2D eigenvalue weighted by molar-refractivity contribution is 6.35. The normalized spacial score (nSPS) is 10.6. The average Bonchev–Trinajstić information content (AvgIpc) is 2.40. The van der Waals surface area contributed by atoms with Crippen LogP contribution in [0.15, 0.2) is 36.4 Å². The zero-order chi connectivity index (χ0) is 14.5. The predicted molar refractivity (Wildman–Crippen MR) is 85.0 cm³/mol. The maximum absolute atomic E-state index is 6.20. The van der Waals surface area contributed by atoms with Gasteiger partial charge in [0.1, 0.15) is 12.4 Å². The Balaban J connectivity index is 2.17. The Kier molecular flexibility index (Phi) is 5.55. The molecule has 2 aromatic carbocycles. The Bertz CT molecular complexity index is 584. The molecule has 0 radical (unpaired) electrons. The number of hydrogen-bond donors (Lipinski definition) is 1. The van der Waals surface area contributed by atoms with Gasteiger partial charge < -0.3 is 10.1 Å². The molecule has 0 aliphatic carbocycles. The number of nitrogens with one attached hydrogen (secondary N) is 1. The zero-order valence-corrected chi connectivity index (χ0v) is 13.2. The molecule has 0 atom stereocenters. The maximum Gasteiger partial charge on any atom is 0.142 e. The molecule has 0 aliphatic rings. The smallest absolute Gasteiger partial charge is 0.142 e. The monoisotopic (exact) mass is 329 g/mol. The molecule has 0 fully saturated rings. The predicted octanol–water partition coefficient (Wildman–Crippen LogP) is 4.95. The molecular formula is C15H14Cl3NO. The van der Waals surface area contributed by atoms with Crippen LogP contribution in [-0.4, -0.2) is 7.05 Å². The van der Waals surface area contributed by atoms with Gasteiger partial charge in [-0.1, -0.05) is 46.9 Å². The summed E-state index contributed by atoms with van der Waals surface area (Å²) >= 11 is 18.1. The van der Waals surface area contributed by atoms with Crippen molar-refractivity contribution in [2.75, 3.05) is 7.05 Å². The molecule has 106 valence electrons. The second kappa shape index (κ2) is 7.19. The lowest BCUT2D eigenvalue weighted by Crippen LogP contribution is -2.08. The maximum atomic E-state index is 6.20. The summed E-state index contributed by atoms with van der Waals surface area (Å²) in [6, 6.07) is 11.0. The van der Waals surface area contributed by atoms with E-state index in [4.69, 9.17) is 39.5 Å². The van der Waals surface area contributed by atoms with Crippen LogP contribution >= 0.6 is 34.8 Å². The molecule has 0 bridgehead atoms. The van der Waals surface area contributed by atoms with Gasteiger partial charge in [-0.3, -0.25) is 0 Å². The molecule has 0 unspecified atom stereocenters. The Labute approximate surface area is 133 Å². The van der Waals surface area contributed by atoms with Crippen LogP contribution in [0.2, 0.25) is 15.1 Å². The summed E-state index contributed by atoms with van der Waals surface area (Å²) in [5.74, 6) is 0.653. The molecule has 2 aromatic rings. The first-order chi connectivity index (χ1) is 9.60. The van der Waals surface area contributed by atoms with Crippen molar-refractivity contribution < 1.29 is 4.74 Å².